The Bertz CT molecular complexity index is 375. The minimum atomic E-state index is -0.502. The molecule has 2 aliphatic carbocycles. The van der Waals surface area contributed by atoms with Gasteiger partial charge in [0, 0.05) is 18.1 Å². The van der Waals surface area contributed by atoms with Crippen molar-refractivity contribution < 1.29 is 9.53 Å². The second-order valence-corrected chi connectivity index (χ2v) is 7.41. The molecule has 0 radical (unpaired) electrons. The van der Waals surface area contributed by atoms with Crippen LogP contribution in [0.5, 0.6) is 0 Å². The number of hydrogen-bond donors (Lipinski definition) is 1. The zero-order chi connectivity index (χ0) is 15.7. The molecule has 0 aromatic rings. The topological polar surface area (TPSA) is 41.6 Å². The normalized spacial score (nSPS) is 22.2. The highest BCUT2D eigenvalue weighted by Crippen LogP contribution is 2.43. The van der Waals surface area contributed by atoms with Gasteiger partial charge in [-0.05, 0) is 65.8 Å². The van der Waals surface area contributed by atoms with Crippen molar-refractivity contribution in [3.05, 3.63) is 0 Å². The molecular formula is C17H32N2O2. The van der Waals surface area contributed by atoms with Crippen LogP contribution in [0.4, 0.5) is 0 Å². The Kier molecular flexibility index (Phi) is 4.99. The lowest BCUT2D eigenvalue weighted by molar-refractivity contribution is -0.154. The molecule has 0 aromatic carbocycles. The van der Waals surface area contributed by atoms with E-state index in [-0.39, 0.29) is 11.5 Å². The number of carbonyl (C=O) groups is 1. The van der Waals surface area contributed by atoms with Gasteiger partial charge in [0.05, 0.1) is 6.61 Å². The maximum atomic E-state index is 12.7. The molecule has 1 N–H and O–H groups in total. The first-order chi connectivity index (χ1) is 9.85. The van der Waals surface area contributed by atoms with E-state index in [1.807, 2.05) is 6.92 Å². The third-order valence-electron chi connectivity index (χ3n) is 5.34. The van der Waals surface area contributed by atoms with Crippen LogP contribution < -0.4 is 5.32 Å². The maximum absolute atomic E-state index is 12.7. The molecule has 4 heteroatoms. The van der Waals surface area contributed by atoms with E-state index >= 15 is 0 Å². The predicted octanol–water partition coefficient (Wildman–Crippen LogP) is 2.57. The van der Waals surface area contributed by atoms with Crippen molar-refractivity contribution in [2.75, 3.05) is 20.2 Å². The number of likely N-dealkylation sites (N-methyl/N-ethyl adjacent to an activating group) is 1. The molecule has 0 saturated heterocycles. The summed E-state index contributed by atoms with van der Waals surface area (Å²) < 4.78 is 5.46. The first kappa shape index (κ1) is 16.8. The molecule has 0 bridgehead atoms. The molecule has 4 nitrogen and oxygen atoms in total. The second-order valence-electron chi connectivity index (χ2n) is 7.41. The van der Waals surface area contributed by atoms with Gasteiger partial charge in [-0.25, -0.2) is 4.79 Å². The molecule has 122 valence electrons. The van der Waals surface area contributed by atoms with Crippen LogP contribution in [0.15, 0.2) is 0 Å². The van der Waals surface area contributed by atoms with E-state index in [4.69, 9.17) is 4.74 Å². The average Bonchev–Trinajstić information content (AvgIpc) is 3.29. The molecular weight excluding hydrogens is 264 g/mol. The van der Waals surface area contributed by atoms with Gasteiger partial charge in [-0.2, -0.15) is 0 Å². The zero-order valence-corrected chi connectivity index (χ0v) is 14.4. The lowest BCUT2D eigenvalue weighted by atomic mass is 9.89. The van der Waals surface area contributed by atoms with Crippen LogP contribution >= 0.6 is 0 Å². The van der Waals surface area contributed by atoms with Gasteiger partial charge in [0.25, 0.3) is 0 Å². The van der Waals surface area contributed by atoms with Gasteiger partial charge in [-0.1, -0.05) is 6.92 Å². The predicted molar refractivity (Wildman–Crippen MR) is 85.2 cm³/mol. The molecule has 0 amide bonds. The molecule has 2 saturated carbocycles. The number of rotatable bonds is 9. The highest BCUT2D eigenvalue weighted by molar-refractivity contribution is 5.82. The Morgan fingerprint density at radius 3 is 2.29 bits per heavy atom. The van der Waals surface area contributed by atoms with E-state index in [0.29, 0.717) is 18.6 Å². The summed E-state index contributed by atoms with van der Waals surface area (Å²) in [7, 11) is 2.13. The summed E-state index contributed by atoms with van der Waals surface area (Å²) in [6.45, 7) is 9.79. The Hall–Kier alpha value is -0.610. The van der Waals surface area contributed by atoms with Crippen LogP contribution in [0.25, 0.3) is 0 Å². The van der Waals surface area contributed by atoms with E-state index in [2.05, 4.69) is 38.0 Å². The van der Waals surface area contributed by atoms with Crippen molar-refractivity contribution in [3.63, 3.8) is 0 Å². The van der Waals surface area contributed by atoms with Crippen molar-refractivity contribution in [2.45, 2.75) is 76.9 Å². The van der Waals surface area contributed by atoms with Crippen molar-refractivity contribution in [2.24, 2.45) is 5.92 Å². The van der Waals surface area contributed by atoms with Crippen LogP contribution in [0.2, 0.25) is 0 Å². The van der Waals surface area contributed by atoms with Crippen LogP contribution in [-0.2, 0) is 9.53 Å². The second kappa shape index (κ2) is 6.25. The van der Waals surface area contributed by atoms with Crippen molar-refractivity contribution in [1.29, 1.82) is 0 Å². The lowest BCUT2D eigenvalue weighted by Crippen LogP contribution is -2.63. The van der Waals surface area contributed by atoms with Gasteiger partial charge in [0.1, 0.15) is 5.54 Å². The van der Waals surface area contributed by atoms with E-state index in [1.54, 1.807) is 0 Å². The van der Waals surface area contributed by atoms with E-state index < -0.39 is 5.54 Å². The van der Waals surface area contributed by atoms with Crippen LogP contribution in [-0.4, -0.2) is 48.2 Å². The zero-order valence-electron chi connectivity index (χ0n) is 14.4. The first-order valence-corrected chi connectivity index (χ1v) is 8.52. The molecule has 1 atom stereocenters. The SMILES string of the molecule is CCOC(=O)C(CN(C)C(C)(C)CC)(NC1CC1)C1CC1. The van der Waals surface area contributed by atoms with Gasteiger partial charge in [0.15, 0.2) is 0 Å². The van der Waals surface area contributed by atoms with Crippen LogP contribution in [0.3, 0.4) is 0 Å². The highest BCUT2D eigenvalue weighted by Gasteiger charge is 2.55. The Balaban J connectivity index is 2.18. The van der Waals surface area contributed by atoms with E-state index in [9.17, 15) is 4.79 Å². The average molecular weight is 296 g/mol. The van der Waals surface area contributed by atoms with Crippen molar-refractivity contribution >= 4 is 5.97 Å². The molecule has 2 fully saturated rings. The standard InChI is InChI=1S/C17H32N2O2/c1-6-16(3,4)19(5)12-17(13-8-9-13,15(20)21-7-2)18-14-10-11-14/h13-14,18H,6-12H2,1-5H3. The number of ether oxygens (including phenoxy) is 1. The number of nitrogens with one attached hydrogen (secondary N) is 1. The van der Waals surface area contributed by atoms with Gasteiger partial charge in [0.2, 0.25) is 0 Å². The fourth-order valence-electron chi connectivity index (χ4n) is 2.87. The summed E-state index contributed by atoms with van der Waals surface area (Å²) in [4.78, 5) is 15.1. The Morgan fingerprint density at radius 1 is 1.24 bits per heavy atom. The largest absolute Gasteiger partial charge is 0.465 e. The van der Waals surface area contributed by atoms with Gasteiger partial charge < -0.3 is 4.74 Å². The number of nitrogens with zero attached hydrogens (tertiary/aromatic N) is 1. The molecule has 0 spiro atoms. The Morgan fingerprint density at radius 2 is 1.86 bits per heavy atom. The molecule has 2 aliphatic rings. The summed E-state index contributed by atoms with van der Waals surface area (Å²) in [5, 5.41) is 3.66. The lowest BCUT2D eigenvalue weighted by Gasteiger charge is -2.42. The minimum absolute atomic E-state index is 0.0434. The summed E-state index contributed by atoms with van der Waals surface area (Å²) >= 11 is 0. The third-order valence-corrected chi connectivity index (χ3v) is 5.34. The molecule has 0 aromatic heterocycles. The summed E-state index contributed by atoms with van der Waals surface area (Å²) in [5.74, 6) is 0.394. The quantitative estimate of drug-likeness (QED) is 0.664. The summed E-state index contributed by atoms with van der Waals surface area (Å²) in [6, 6.07) is 0.508. The van der Waals surface area contributed by atoms with E-state index in [1.165, 1.54) is 12.8 Å². The molecule has 21 heavy (non-hydrogen) atoms. The monoisotopic (exact) mass is 296 g/mol. The fourth-order valence-corrected chi connectivity index (χ4v) is 2.87. The highest BCUT2D eigenvalue weighted by atomic mass is 16.5. The van der Waals surface area contributed by atoms with Crippen molar-refractivity contribution in [3.8, 4) is 0 Å². The molecule has 0 aliphatic heterocycles. The first-order valence-electron chi connectivity index (χ1n) is 8.52. The third kappa shape index (κ3) is 3.78. The minimum Gasteiger partial charge on any atom is -0.465 e. The van der Waals surface area contributed by atoms with Crippen molar-refractivity contribution in [1.82, 2.24) is 10.2 Å². The smallest absolute Gasteiger partial charge is 0.327 e. The summed E-state index contributed by atoms with van der Waals surface area (Å²) in [5.41, 5.74) is -0.407. The molecule has 2 rings (SSSR count). The number of hydrogen-bond acceptors (Lipinski definition) is 4. The fraction of sp³-hybridized carbons (Fsp3) is 0.941. The van der Waals surface area contributed by atoms with Crippen LogP contribution in [0, 0.1) is 5.92 Å². The number of carbonyl (C=O) groups excluding carboxylic acids is 1. The molecule has 1 unspecified atom stereocenters. The van der Waals surface area contributed by atoms with Crippen LogP contribution in [0.1, 0.15) is 59.8 Å². The van der Waals surface area contributed by atoms with E-state index in [0.717, 1.165) is 25.8 Å². The van der Waals surface area contributed by atoms with Gasteiger partial charge >= 0.3 is 5.97 Å². The summed E-state index contributed by atoms with van der Waals surface area (Å²) in [6.07, 6.45) is 5.72. The maximum Gasteiger partial charge on any atom is 0.327 e. The van der Waals surface area contributed by atoms with Gasteiger partial charge in [-0.15, -0.1) is 0 Å². The number of esters is 1. The molecule has 0 heterocycles. The van der Waals surface area contributed by atoms with Gasteiger partial charge in [-0.3, -0.25) is 10.2 Å². The Labute approximate surface area is 129 Å².